The second-order valence-corrected chi connectivity index (χ2v) is 7.41. The number of amides is 1. The van der Waals surface area contributed by atoms with Gasteiger partial charge in [-0.05, 0) is 45.2 Å². The zero-order valence-corrected chi connectivity index (χ0v) is 16.2. The summed E-state index contributed by atoms with van der Waals surface area (Å²) in [4.78, 5) is 26.8. The Labute approximate surface area is 154 Å². The molecule has 0 spiro atoms. The summed E-state index contributed by atoms with van der Waals surface area (Å²) >= 11 is 0. The minimum Gasteiger partial charge on any atom is -0.503 e. The van der Waals surface area contributed by atoms with Crippen LogP contribution >= 0.6 is 0 Å². The molecule has 1 unspecified atom stereocenters. The van der Waals surface area contributed by atoms with Crippen LogP contribution in [0.15, 0.2) is 27.9 Å². The van der Waals surface area contributed by atoms with Crippen LogP contribution in [-0.2, 0) is 14.3 Å². The van der Waals surface area contributed by atoms with Crippen LogP contribution in [0.25, 0.3) is 0 Å². The van der Waals surface area contributed by atoms with E-state index in [9.17, 15) is 14.7 Å². The van der Waals surface area contributed by atoms with Gasteiger partial charge < -0.3 is 19.2 Å². The van der Waals surface area contributed by atoms with E-state index in [0.29, 0.717) is 31.1 Å². The predicted octanol–water partition coefficient (Wildman–Crippen LogP) is 3.71. The van der Waals surface area contributed by atoms with E-state index >= 15 is 0 Å². The third kappa shape index (κ3) is 4.55. The number of furan rings is 1. The molecule has 1 aliphatic heterocycles. The molecule has 0 aliphatic carbocycles. The maximum absolute atomic E-state index is 12.7. The van der Waals surface area contributed by atoms with Gasteiger partial charge in [0.1, 0.15) is 17.6 Å². The van der Waals surface area contributed by atoms with Crippen molar-refractivity contribution in [2.24, 2.45) is 5.92 Å². The lowest BCUT2D eigenvalue weighted by molar-refractivity contribution is -0.129. The maximum atomic E-state index is 12.7. The Morgan fingerprint density at radius 1 is 1.31 bits per heavy atom. The first-order valence-electron chi connectivity index (χ1n) is 9.17. The molecule has 2 rings (SSSR count). The molecular weight excluding hydrogens is 334 g/mol. The number of nitrogens with zero attached hydrogens (tertiary/aromatic N) is 1. The van der Waals surface area contributed by atoms with Crippen molar-refractivity contribution in [3.63, 3.8) is 0 Å². The van der Waals surface area contributed by atoms with Gasteiger partial charge in [-0.2, -0.15) is 0 Å². The van der Waals surface area contributed by atoms with Crippen molar-refractivity contribution in [1.82, 2.24) is 4.90 Å². The molecular formula is C20H29NO5. The Balaban J connectivity index is 2.27. The van der Waals surface area contributed by atoms with Gasteiger partial charge in [0.25, 0.3) is 5.91 Å². The highest BCUT2D eigenvalue weighted by Crippen LogP contribution is 2.39. The number of Topliss-reactive ketones (excluding diaryl/α,β-unsaturated/α-hetero) is 1. The molecule has 6 heteroatoms. The second kappa shape index (κ2) is 8.54. The highest BCUT2D eigenvalue weighted by atomic mass is 16.5. The van der Waals surface area contributed by atoms with Crippen LogP contribution in [0.4, 0.5) is 0 Å². The largest absolute Gasteiger partial charge is 0.503 e. The Morgan fingerprint density at radius 2 is 2.00 bits per heavy atom. The highest BCUT2D eigenvalue weighted by molar-refractivity contribution is 6.08. The van der Waals surface area contributed by atoms with Gasteiger partial charge in [-0.25, -0.2) is 0 Å². The summed E-state index contributed by atoms with van der Waals surface area (Å²) in [6.07, 6.45) is 0.995. The van der Waals surface area contributed by atoms with E-state index in [-0.39, 0.29) is 29.8 Å². The monoisotopic (exact) mass is 363 g/mol. The molecule has 6 nitrogen and oxygen atoms in total. The summed E-state index contributed by atoms with van der Waals surface area (Å²) in [7, 11) is 0. The number of hydrogen-bond donors (Lipinski definition) is 1. The molecule has 1 aliphatic rings. The number of rotatable bonds is 9. The van der Waals surface area contributed by atoms with E-state index in [1.807, 2.05) is 27.7 Å². The van der Waals surface area contributed by atoms with Crippen LogP contribution in [0.5, 0.6) is 0 Å². The second-order valence-electron chi connectivity index (χ2n) is 7.41. The maximum Gasteiger partial charge on any atom is 0.290 e. The van der Waals surface area contributed by atoms with Crippen LogP contribution in [0, 0.1) is 12.8 Å². The van der Waals surface area contributed by atoms with E-state index in [1.54, 1.807) is 19.1 Å². The molecule has 0 saturated heterocycles. The van der Waals surface area contributed by atoms with Crippen LogP contribution in [0.2, 0.25) is 0 Å². The van der Waals surface area contributed by atoms with Gasteiger partial charge in [0.05, 0.1) is 11.7 Å². The number of carbonyl (C=O) groups excluding carboxylic acids is 2. The van der Waals surface area contributed by atoms with Crippen LogP contribution in [-0.4, -0.2) is 41.0 Å². The summed E-state index contributed by atoms with van der Waals surface area (Å²) in [5.74, 6) is 0.116. The lowest BCUT2D eigenvalue weighted by atomic mass is 9.95. The van der Waals surface area contributed by atoms with Gasteiger partial charge in [-0.3, -0.25) is 9.59 Å². The first-order chi connectivity index (χ1) is 12.2. The number of carbonyl (C=O) groups is 2. The molecule has 26 heavy (non-hydrogen) atoms. The zero-order valence-electron chi connectivity index (χ0n) is 16.2. The molecule has 2 heterocycles. The third-order valence-electron chi connectivity index (χ3n) is 4.22. The van der Waals surface area contributed by atoms with Crippen molar-refractivity contribution in [3.8, 4) is 0 Å². The fourth-order valence-electron chi connectivity index (χ4n) is 3.10. The fraction of sp³-hybridized carbons (Fsp3) is 0.600. The Kier molecular flexibility index (Phi) is 6.64. The van der Waals surface area contributed by atoms with Gasteiger partial charge in [-0.1, -0.05) is 13.8 Å². The average molecular weight is 363 g/mol. The molecule has 0 radical (unpaired) electrons. The fourth-order valence-corrected chi connectivity index (χ4v) is 3.10. The zero-order chi connectivity index (χ0) is 19.4. The van der Waals surface area contributed by atoms with Crippen LogP contribution < -0.4 is 0 Å². The SMILES string of the molecule is Cc1ccc(C2C(C(=O)CC(C)C)=C(O)C(=O)N2CCCOC(C)C)o1. The number of ketones is 1. The summed E-state index contributed by atoms with van der Waals surface area (Å²) in [6.45, 7) is 10.4. The minimum absolute atomic E-state index is 0.113. The first-order valence-corrected chi connectivity index (χ1v) is 9.17. The van der Waals surface area contributed by atoms with Crippen molar-refractivity contribution in [2.45, 2.75) is 59.6 Å². The van der Waals surface area contributed by atoms with Gasteiger partial charge in [0.15, 0.2) is 11.5 Å². The topological polar surface area (TPSA) is 80.0 Å². The quantitative estimate of drug-likeness (QED) is 0.677. The molecule has 1 aromatic rings. The molecule has 1 N–H and O–H groups in total. The third-order valence-corrected chi connectivity index (χ3v) is 4.22. The van der Waals surface area contributed by atoms with Gasteiger partial charge in [0.2, 0.25) is 0 Å². The summed E-state index contributed by atoms with van der Waals surface area (Å²) in [5, 5.41) is 10.4. The number of hydrogen-bond acceptors (Lipinski definition) is 5. The molecule has 1 amide bonds. The molecule has 0 bridgehead atoms. The average Bonchev–Trinajstić information content (AvgIpc) is 3.06. The van der Waals surface area contributed by atoms with Crippen molar-refractivity contribution in [1.29, 1.82) is 0 Å². The minimum atomic E-state index is -0.679. The predicted molar refractivity (Wildman–Crippen MR) is 97.7 cm³/mol. The molecule has 1 aromatic heterocycles. The first kappa shape index (κ1) is 20.2. The number of aliphatic hydroxyl groups is 1. The van der Waals surface area contributed by atoms with E-state index in [2.05, 4.69) is 0 Å². The van der Waals surface area contributed by atoms with Crippen molar-refractivity contribution in [2.75, 3.05) is 13.2 Å². The summed E-state index contributed by atoms with van der Waals surface area (Å²) in [6, 6.07) is 2.87. The van der Waals surface area contributed by atoms with Crippen LogP contribution in [0.3, 0.4) is 0 Å². The number of aryl methyl sites for hydroxylation is 1. The lowest BCUT2D eigenvalue weighted by Crippen LogP contribution is -2.32. The molecule has 0 aromatic carbocycles. The van der Waals surface area contributed by atoms with E-state index in [0.717, 1.165) is 0 Å². The van der Waals surface area contributed by atoms with Crippen LogP contribution in [0.1, 0.15) is 58.1 Å². The Bertz CT molecular complexity index is 686. The Hall–Kier alpha value is -2.08. The van der Waals surface area contributed by atoms with Gasteiger partial charge in [-0.15, -0.1) is 0 Å². The van der Waals surface area contributed by atoms with E-state index < -0.39 is 17.7 Å². The Morgan fingerprint density at radius 3 is 2.54 bits per heavy atom. The molecule has 0 saturated carbocycles. The standard InChI is InChI=1S/C20H29NO5/c1-12(2)11-15(22)17-18(16-8-7-14(5)26-16)21(20(24)19(17)23)9-6-10-25-13(3)4/h7-8,12-13,18,23H,6,9-11H2,1-5H3. The molecule has 1 atom stereocenters. The van der Waals surface area contributed by atoms with E-state index in [1.165, 1.54) is 4.90 Å². The van der Waals surface area contributed by atoms with Crippen molar-refractivity contribution in [3.05, 3.63) is 35.0 Å². The van der Waals surface area contributed by atoms with Crippen molar-refractivity contribution < 1.29 is 23.8 Å². The van der Waals surface area contributed by atoms with E-state index in [4.69, 9.17) is 9.15 Å². The summed E-state index contributed by atoms with van der Waals surface area (Å²) < 4.78 is 11.2. The normalized spacial score (nSPS) is 17.9. The van der Waals surface area contributed by atoms with Gasteiger partial charge in [0, 0.05) is 19.6 Å². The number of aliphatic hydroxyl groups excluding tert-OH is 1. The van der Waals surface area contributed by atoms with Gasteiger partial charge >= 0.3 is 0 Å². The smallest absolute Gasteiger partial charge is 0.290 e. The number of ether oxygens (including phenoxy) is 1. The summed E-state index contributed by atoms with van der Waals surface area (Å²) in [5.41, 5.74) is 0.142. The molecule has 144 valence electrons. The molecule has 0 fully saturated rings. The lowest BCUT2D eigenvalue weighted by Gasteiger charge is -2.25. The van der Waals surface area contributed by atoms with Crippen molar-refractivity contribution >= 4 is 11.7 Å². The highest BCUT2D eigenvalue weighted by Gasteiger charge is 2.44.